The molecular formula is C12H12N2O4S2. The Bertz CT molecular complexity index is 607. The first-order valence-electron chi connectivity index (χ1n) is 5.69. The number of carboxylic acids is 1. The third-order valence-electron chi connectivity index (χ3n) is 2.54. The van der Waals surface area contributed by atoms with E-state index in [9.17, 15) is 14.7 Å². The molecule has 20 heavy (non-hydrogen) atoms. The minimum atomic E-state index is -1.35. The number of aromatic nitrogens is 1. The Morgan fingerprint density at radius 3 is 2.70 bits per heavy atom. The molecule has 0 aliphatic carbocycles. The Balaban J connectivity index is 2.12. The summed E-state index contributed by atoms with van der Waals surface area (Å²) in [5.41, 5.74) is 1.06. The number of thiophene rings is 1. The van der Waals surface area contributed by atoms with Gasteiger partial charge < -0.3 is 15.5 Å². The number of rotatable bonds is 5. The van der Waals surface area contributed by atoms with Crippen LogP contribution < -0.4 is 5.32 Å². The summed E-state index contributed by atoms with van der Waals surface area (Å²) in [6.07, 6.45) is -1.19. The average molecular weight is 312 g/mol. The fourth-order valence-electron chi connectivity index (χ4n) is 1.50. The van der Waals surface area contributed by atoms with E-state index in [4.69, 9.17) is 5.11 Å². The minimum absolute atomic E-state index is 0.142. The van der Waals surface area contributed by atoms with E-state index in [-0.39, 0.29) is 5.69 Å². The van der Waals surface area contributed by atoms with Crippen LogP contribution in [0.5, 0.6) is 0 Å². The van der Waals surface area contributed by atoms with Crippen LogP contribution in [0.2, 0.25) is 0 Å². The molecule has 0 spiro atoms. The van der Waals surface area contributed by atoms with Gasteiger partial charge in [-0.1, -0.05) is 0 Å². The Morgan fingerprint density at radius 2 is 2.15 bits per heavy atom. The molecule has 0 aromatic carbocycles. The van der Waals surface area contributed by atoms with Gasteiger partial charge in [-0.3, -0.25) is 4.79 Å². The first-order chi connectivity index (χ1) is 9.49. The number of hydrogen-bond donors (Lipinski definition) is 3. The summed E-state index contributed by atoms with van der Waals surface area (Å²) >= 11 is 2.83. The maximum atomic E-state index is 11.9. The van der Waals surface area contributed by atoms with Crippen LogP contribution in [-0.2, 0) is 4.79 Å². The number of hydrogen-bond acceptors (Lipinski definition) is 6. The minimum Gasteiger partial charge on any atom is -0.480 e. The summed E-state index contributed by atoms with van der Waals surface area (Å²) in [6.45, 7) is 1.30. The van der Waals surface area contributed by atoms with E-state index in [2.05, 4.69) is 10.3 Å². The van der Waals surface area contributed by atoms with Gasteiger partial charge in [0.15, 0.2) is 6.04 Å². The maximum absolute atomic E-state index is 11.9. The smallest absolute Gasteiger partial charge is 0.328 e. The lowest BCUT2D eigenvalue weighted by Crippen LogP contribution is -2.47. The summed E-state index contributed by atoms with van der Waals surface area (Å²) < 4.78 is 0. The van der Waals surface area contributed by atoms with Gasteiger partial charge in [-0.05, 0) is 18.4 Å². The van der Waals surface area contributed by atoms with Crippen LogP contribution in [0.4, 0.5) is 0 Å². The van der Waals surface area contributed by atoms with Crippen LogP contribution in [0.15, 0.2) is 22.2 Å². The van der Waals surface area contributed by atoms with Crippen molar-refractivity contribution in [3.8, 4) is 10.6 Å². The van der Waals surface area contributed by atoms with Crippen molar-refractivity contribution < 1.29 is 19.8 Å². The number of thiazole rings is 1. The van der Waals surface area contributed by atoms with E-state index in [1.807, 2.05) is 16.8 Å². The van der Waals surface area contributed by atoms with Crippen molar-refractivity contribution >= 4 is 34.6 Å². The Labute approximate surface area is 122 Å². The van der Waals surface area contributed by atoms with Gasteiger partial charge in [0.05, 0.1) is 6.10 Å². The van der Waals surface area contributed by atoms with Crippen LogP contribution in [0, 0.1) is 0 Å². The van der Waals surface area contributed by atoms with E-state index in [0.29, 0.717) is 5.01 Å². The predicted octanol–water partition coefficient (Wildman–Crippen LogP) is 1.44. The van der Waals surface area contributed by atoms with Crippen LogP contribution >= 0.6 is 22.7 Å². The fourth-order valence-corrected chi connectivity index (χ4v) is 3.01. The highest BCUT2D eigenvalue weighted by atomic mass is 32.1. The second-order valence-electron chi connectivity index (χ2n) is 4.08. The number of carbonyl (C=O) groups is 2. The quantitative estimate of drug-likeness (QED) is 0.775. The van der Waals surface area contributed by atoms with Gasteiger partial charge in [-0.15, -0.1) is 11.3 Å². The number of carboxylic acid groups (broad SMARTS) is 1. The number of aliphatic carboxylic acids is 1. The van der Waals surface area contributed by atoms with Crippen molar-refractivity contribution in [2.24, 2.45) is 0 Å². The summed E-state index contributed by atoms with van der Waals surface area (Å²) in [5, 5.41) is 26.5. The Hall–Kier alpha value is -1.77. The van der Waals surface area contributed by atoms with Gasteiger partial charge >= 0.3 is 5.97 Å². The van der Waals surface area contributed by atoms with E-state index in [0.717, 1.165) is 5.56 Å². The second kappa shape index (κ2) is 6.12. The van der Waals surface area contributed by atoms with Crippen molar-refractivity contribution in [1.29, 1.82) is 0 Å². The zero-order chi connectivity index (χ0) is 14.7. The monoisotopic (exact) mass is 312 g/mol. The first kappa shape index (κ1) is 14.6. The largest absolute Gasteiger partial charge is 0.480 e. The molecule has 2 aromatic rings. The molecule has 0 radical (unpaired) electrons. The molecule has 0 fully saturated rings. The maximum Gasteiger partial charge on any atom is 0.328 e. The van der Waals surface area contributed by atoms with E-state index < -0.39 is 24.0 Å². The van der Waals surface area contributed by atoms with Gasteiger partial charge in [0.2, 0.25) is 0 Å². The standard InChI is InChI=1S/C12H12N2O4S2/c1-6(15)9(12(17)18)14-10(16)8-5-20-11(13-8)7-2-3-19-4-7/h2-6,9,15H,1H3,(H,14,16)(H,17,18)/t6-,9+/m1/s1. The van der Waals surface area contributed by atoms with Crippen molar-refractivity contribution in [2.75, 3.05) is 0 Å². The fraction of sp³-hybridized carbons (Fsp3) is 0.250. The number of nitrogens with one attached hydrogen (secondary N) is 1. The number of aliphatic hydroxyl groups excluding tert-OH is 1. The van der Waals surface area contributed by atoms with Gasteiger partial charge in [-0.2, -0.15) is 11.3 Å². The number of amides is 1. The Kier molecular flexibility index (Phi) is 4.48. The molecule has 2 atom stereocenters. The lowest BCUT2D eigenvalue weighted by Gasteiger charge is -2.16. The van der Waals surface area contributed by atoms with Gasteiger partial charge in [0, 0.05) is 16.3 Å². The normalized spacial score (nSPS) is 13.7. The van der Waals surface area contributed by atoms with E-state index in [1.54, 1.807) is 5.38 Å². The van der Waals surface area contributed by atoms with Crippen LogP contribution in [0.25, 0.3) is 10.6 Å². The lowest BCUT2D eigenvalue weighted by atomic mass is 10.2. The van der Waals surface area contributed by atoms with Crippen LogP contribution in [0.1, 0.15) is 17.4 Å². The van der Waals surface area contributed by atoms with Crippen molar-refractivity contribution in [3.63, 3.8) is 0 Å². The van der Waals surface area contributed by atoms with E-state index >= 15 is 0 Å². The van der Waals surface area contributed by atoms with Crippen LogP contribution in [0.3, 0.4) is 0 Å². The number of aliphatic hydroxyl groups is 1. The first-order valence-corrected chi connectivity index (χ1v) is 7.51. The summed E-state index contributed by atoms with van der Waals surface area (Å²) in [6, 6.07) is 0.537. The molecule has 1 amide bonds. The zero-order valence-electron chi connectivity index (χ0n) is 10.4. The summed E-state index contributed by atoms with van der Waals surface area (Å²) in [5.74, 6) is -1.90. The SMILES string of the molecule is C[C@@H](O)[C@H](NC(=O)c1csc(-c2ccsc2)n1)C(=O)O. The molecule has 0 unspecified atom stereocenters. The molecule has 8 heteroatoms. The van der Waals surface area contributed by atoms with Crippen LogP contribution in [-0.4, -0.2) is 39.2 Å². The third kappa shape index (κ3) is 3.21. The number of nitrogens with zero attached hydrogens (tertiary/aromatic N) is 1. The summed E-state index contributed by atoms with van der Waals surface area (Å²) in [4.78, 5) is 27.0. The molecule has 0 saturated heterocycles. The van der Waals surface area contributed by atoms with Gasteiger partial charge in [-0.25, -0.2) is 9.78 Å². The van der Waals surface area contributed by atoms with Crippen molar-refractivity contribution in [3.05, 3.63) is 27.9 Å². The molecule has 0 bridgehead atoms. The highest BCUT2D eigenvalue weighted by Gasteiger charge is 2.26. The molecular weight excluding hydrogens is 300 g/mol. The molecule has 0 aliphatic heterocycles. The van der Waals surface area contributed by atoms with Crippen molar-refractivity contribution in [2.45, 2.75) is 19.1 Å². The molecule has 2 heterocycles. The topological polar surface area (TPSA) is 99.5 Å². The number of carbonyl (C=O) groups excluding carboxylic acids is 1. The highest BCUT2D eigenvalue weighted by molar-refractivity contribution is 7.14. The third-order valence-corrected chi connectivity index (χ3v) is 4.11. The average Bonchev–Trinajstić information content (AvgIpc) is 3.04. The lowest BCUT2D eigenvalue weighted by molar-refractivity contribution is -0.141. The van der Waals surface area contributed by atoms with Gasteiger partial charge in [0.25, 0.3) is 5.91 Å². The molecule has 6 nitrogen and oxygen atoms in total. The molecule has 106 valence electrons. The highest BCUT2D eigenvalue weighted by Crippen LogP contribution is 2.25. The Morgan fingerprint density at radius 1 is 1.40 bits per heavy atom. The molecule has 2 aromatic heterocycles. The summed E-state index contributed by atoms with van der Waals surface area (Å²) in [7, 11) is 0. The van der Waals surface area contributed by atoms with Gasteiger partial charge in [0.1, 0.15) is 10.7 Å². The second-order valence-corrected chi connectivity index (χ2v) is 5.72. The molecule has 3 N–H and O–H groups in total. The molecule has 0 saturated carbocycles. The van der Waals surface area contributed by atoms with E-state index in [1.165, 1.54) is 29.6 Å². The molecule has 0 aliphatic rings. The molecule has 2 rings (SSSR count). The zero-order valence-corrected chi connectivity index (χ0v) is 12.1. The van der Waals surface area contributed by atoms with Crippen molar-refractivity contribution in [1.82, 2.24) is 10.3 Å². The predicted molar refractivity (Wildman–Crippen MR) is 76.0 cm³/mol.